The van der Waals surface area contributed by atoms with Gasteiger partial charge in [-0.25, -0.2) is 0 Å². The largest absolute Gasteiger partial charge is 0.310 e. The van der Waals surface area contributed by atoms with Crippen LogP contribution in [0, 0.1) is 5.92 Å². The van der Waals surface area contributed by atoms with E-state index in [0.717, 1.165) is 18.5 Å². The van der Waals surface area contributed by atoms with Gasteiger partial charge in [0.2, 0.25) is 0 Å². The Morgan fingerprint density at radius 2 is 1.89 bits per heavy atom. The highest BCUT2D eigenvalue weighted by Crippen LogP contribution is 2.27. The van der Waals surface area contributed by atoms with E-state index in [1.807, 2.05) is 11.8 Å². The van der Waals surface area contributed by atoms with E-state index in [0.29, 0.717) is 0 Å². The second-order valence-electron chi connectivity index (χ2n) is 5.29. The van der Waals surface area contributed by atoms with Crippen LogP contribution in [0.2, 0.25) is 0 Å². The number of hydrogen-bond acceptors (Lipinski definition) is 2. The molecule has 1 aliphatic carbocycles. The maximum Gasteiger partial charge on any atom is 0.0208 e. The van der Waals surface area contributed by atoms with Crippen molar-refractivity contribution >= 4 is 11.8 Å². The molecule has 0 saturated heterocycles. The first kappa shape index (κ1) is 14.0. The molecule has 1 aliphatic rings. The van der Waals surface area contributed by atoms with E-state index >= 15 is 0 Å². The lowest BCUT2D eigenvalue weighted by molar-refractivity contribution is 0.254. The van der Waals surface area contributed by atoms with Crippen molar-refractivity contribution in [1.82, 2.24) is 5.32 Å². The third kappa shape index (κ3) is 3.76. The van der Waals surface area contributed by atoms with Crippen molar-refractivity contribution in [3.05, 3.63) is 29.8 Å². The zero-order valence-corrected chi connectivity index (χ0v) is 12.4. The smallest absolute Gasteiger partial charge is 0.0208 e. The second kappa shape index (κ2) is 7.20. The number of benzene rings is 1. The molecule has 1 aromatic carbocycles. The van der Waals surface area contributed by atoms with Gasteiger partial charge in [0.25, 0.3) is 0 Å². The average Bonchev–Trinajstić information content (AvgIpc) is 2.46. The first-order valence-corrected chi connectivity index (χ1v) is 8.42. The van der Waals surface area contributed by atoms with Crippen LogP contribution in [0.5, 0.6) is 0 Å². The van der Waals surface area contributed by atoms with Crippen LogP contribution in [-0.4, -0.2) is 12.3 Å². The molecule has 0 aromatic heterocycles. The SMILES string of the molecule is CCC1CCCCC1NCc1ccc(SC)cc1. The summed E-state index contributed by atoms with van der Waals surface area (Å²) in [6, 6.07) is 9.69. The summed E-state index contributed by atoms with van der Waals surface area (Å²) in [6.07, 6.45) is 9.06. The maximum absolute atomic E-state index is 3.77. The highest BCUT2D eigenvalue weighted by Gasteiger charge is 2.22. The van der Waals surface area contributed by atoms with Gasteiger partial charge in [0.05, 0.1) is 0 Å². The van der Waals surface area contributed by atoms with Crippen LogP contribution in [0.4, 0.5) is 0 Å². The fourth-order valence-electron chi connectivity index (χ4n) is 2.96. The van der Waals surface area contributed by atoms with Crippen molar-refractivity contribution in [3.63, 3.8) is 0 Å². The van der Waals surface area contributed by atoms with Crippen molar-refractivity contribution in [2.45, 2.75) is 56.5 Å². The molecule has 18 heavy (non-hydrogen) atoms. The molecule has 1 fully saturated rings. The topological polar surface area (TPSA) is 12.0 Å². The lowest BCUT2D eigenvalue weighted by atomic mass is 9.83. The van der Waals surface area contributed by atoms with Gasteiger partial charge in [-0.2, -0.15) is 0 Å². The molecule has 1 aromatic rings. The molecule has 2 atom stereocenters. The Morgan fingerprint density at radius 1 is 1.17 bits per heavy atom. The molecule has 0 bridgehead atoms. The zero-order chi connectivity index (χ0) is 12.8. The molecule has 1 saturated carbocycles. The van der Waals surface area contributed by atoms with Crippen LogP contribution in [0.3, 0.4) is 0 Å². The van der Waals surface area contributed by atoms with Crippen LogP contribution in [0.15, 0.2) is 29.2 Å². The summed E-state index contributed by atoms with van der Waals surface area (Å²) in [7, 11) is 0. The Balaban J connectivity index is 1.85. The van der Waals surface area contributed by atoms with E-state index in [-0.39, 0.29) is 0 Å². The highest BCUT2D eigenvalue weighted by atomic mass is 32.2. The van der Waals surface area contributed by atoms with Crippen molar-refractivity contribution < 1.29 is 0 Å². The summed E-state index contributed by atoms with van der Waals surface area (Å²) < 4.78 is 0. The van der Waals surface area contributed by atoms with Crippen molar-refractivity contribution in [3.8, 4) is 0 Å². The van der Waals surface area contributed by atoms with Gasteiger partial charge in [-0.3, -0.25) is 0 Å². The lowest BCUT2D eigenvalue weighted by Crippen LogP contribution is -2.37. The standard InChI is InChI=1S/C16H25NS/c1-3-14-6-4-5-7-16(14)17-12-13-8-10-15(18-2)11-9-13/h8-11,14,16-17H,3-7,12H2,1-2H3. The summed E-state index contributed by atoms with van der Waals surface area (Å²) in [4.78, 5) is 1.35. The van der Waals surface area contributed by atoms with E-state index in [9.17, 15) is 0 Å². The van der Waals surface area contributed by atoms with Crippen LogP contribution < -0.4 is 5.32 Å². The third-order valence-corrected chi connectivity index (χ3v) is 4.90. The van der Waals surface area contributed by atoms with Gasteiger partial charge in [-0.1, -0.05) is 38.3 Å². The van der Waals surface area contributed by atoms with Crippen LogP contribution in [0.1, 0.15) is 44.6 Å². The Morgan fingerprint density at radius 3 is 2.56 bits per heavy atom. The van der Waals surface area contributed by atoms with Gasteiger partial charge in [0, 0.05) is 17.5 Å². The summed E-state index contributed by atoms with van der Waals surface area (Å²) in [6.45, 7) is 3.35. The van der Waals surface area contributed by atoms with Gasteiger partial charge in [0.1, 0.15) is 0 Å². The van der Waals surface area contributed by atoms with Gasteiger partial charge in [-0.05, 0) is 42.7 Å². The van der Waals surface area contributed by atoms with Crippen LogP contribution in [-0.2, 0) is 6.54 Å². The molecule has 1 nitrogen and oxygen atoms in total. The van der Waals surface area contributed by atoms with E-state index in [1.54, 1.807) is 0 Å². The molecule has 1 N–H and O–H groups in total. The first-order valence-electron chi connectivity index (χ1n) is 7.19. The monoisotopic (exact) mass is 263 g/mol. The molecule has 0 aliphatic heterocycles. The van der Waals surface area contributed by atoms with E-state index < -0.39 is 0 Å². The minimum atomic E-state index is 0.740. The van der Waals surface area contributed by atoms with Gasteiger partial charge < -0.3 is 5.32 Å². The molecule has 2 heteroatoms. The lowest BCUT2D eigenvalue weighted by Gasteiger charge is -2.31. The Kier molecular flexibility index (Phi) is 5.58. The van der Waals surface area contributed by atoms with E-state index in [4.69, 9.17) is 0 Å². The molecule has 100 valence electrons. The number of hydrogen-bond donors (Lipinski definition) is 1. The molecule has 0 heterocycles. The predicted octanol–water partition coefficient (Wildman–Crippen LogP) is 4.47. The fraction of sp³-hybridized carbons (Fsp3) is 0.625. The van der Waals surface area contributed by atoms with Crippen molar-refractivity contribution in [2.75, 3.05) is 6.26 Å². The maximum atomic E-state index is 3.77. The second-order valence-corrected chi connectivity index (χ2v) is 6.17. The zero-order valence-electron chi connectivity index (χ0n) is 11.6. The Hall–Kier alpha value is -0.470. The first-order chi connectivity index (χ1) is 8.83. The summed E-state index contributed by atoms with van der Waals surface area (Å²) >= 11 is 1.81. The molecule has 0 radical (unpaired) electrons. The normalized spacial score (nSPS) is 24.1. The van der Waals surface area contributed by atoms with Gasteiger partial charge in [0.15, 0.2) is 0 Å². The summed E-state index contributed by atoms with van der Waals surface area (Å²) in [5, 5.41) is 3.77. The Labute approximate surface area is 116 Å². The summed E-state index contributed by atoms with van der Waals surface area (Å²) in [5.41, 5.74) is 1.41. The van der Waals surface area contributed by atoms with Crippen LogP contribution >= 0.6 is 11.8 Å². The number of nitrogens with one attached hydrogen (secondary N) is 1. The Bertz CT molecular complexity index is 347. The van der Waals surface area contributed by atoms with Gasteiger partial charge >= 0.3 is 0 Å². The molecule has 2 rings (SSSR count). The van der Waals surface area contributed by atoms with Gasteiger partial charge in [-0.15, -0.1) is 11.8 Å². The van der Waals surface area contributed by atoms with E-state index in [2.05, 4.69) is 42.8 Å². The quantitative estimate of drug-likeness (QED) is 0.787. The molecule has 2 unspecified atom stereocenters. The molecular weight excluding hydrogens is 238 g/mol. The average molecular weight is 263 g/mol. The number of rotatable bonds is 5. The highest BCUT2D eigenvalue weighted by molar-refractivity contribution is 7.98. The summed E-state index contributed by atoms with van der Waals surface area (Å²) in [5.74, 6) is 0.893. The molecule has 0 amide bonds. The third-order valence-electron chi connectivity index (χ3n) is 4.16. The van der Waals surface area contributed by atoms with Crippen molar-refractivity contribution in [2.24, 2.45) is 5.92 Å². The fourth-order valence-corrected chi connectivity index (χ4v) is 3.37. The minimum absolute atomic E-state index is 0.740. The number of thioether (sulfide) groups is 1. The predicted molar refractivity (Wildman–Crippen MR) is 81.1 cm³/mol. The minimum Gasteiger partial charge on any atom is -0.310 e. The molecular formula is C16H25NS. The van der Waals surface area contributed by atoms with Crippen molar-refractivity contribution in [1.29, 1.82) is 0 Å². The van der Waals surface area contributed by atoms with Crippen LogP contribution in [0.25, 0.3) is 0 Å². The van der Waals surface area contributed by atoms with E-state index in [1.165, 1.54) is 42.6 Å². The molecule has 0 spiro atoms.